The van der Waals surface area contributed by atoms with E-state index in [2.05, 4.69) is 36.3 Å². The summed E-state index contributed by atoms with van der Waals surface area (Å²) in [5, 5.41) is 4.30. The third-order valence-corrected chi connectivity index (χ3v) is 5.59. The molecule has 0 bridgehead atoms. The van der Waals surface area contributed by atoms with Crippen LogP contribution in [-0.2, 0) is 7.05 Å². The Morgan fingerprint density at radius 3 is 2.69 bits per heavy atom. The molecule has 0 saturated carbocycles. The number of piperidine rings is 1. The number of nitrogens with zero attached hydrogens (tertiary/aromatic N) is 3. The van der Waals surface area contributed by atoms with Crippen LogP contribution in [0.1, 0.15) is 40.2 Å². The molecule has 2 aromatic carbocycles. The Kier molecular flexibility index (Phi) is 5.30. The number of carbonyl (C=O) groups is 1. The summed E-state index contributed by atoms with van der Waals surface area (Å²) >= 11 is 0. The van der Waals surface area contributed by atoms with Gasteiger partial charge >= 0.3 is 0 Å². The Balaban J connectivity index is 1.56. The van der Waals surface area contributed by atoms with Gasteiger partial charge in [-0.15, -0.1) is 0 Å². The molecule has 0 spiro atoms. The van der Waals surface area contributed by atoms with Gasteiger partial charge in [-0.05, 0) is 43.5 Å². The number of rotatable bonds is 3. The second-order valence-electron chi connectivity index (χ2n) is 7.77. The summed E-state index contributed by atoms with van der Waals surface area (Å²) in [4.78, 5) is 26.8. The normalized spacial score (nSPS) is 16.6. The summed E-state index contributed by atoms with van der Waals surface area (Å²) in [6.07, 6.45) is 2.11. The van der Waals surface area contributed by atoms with Gasteiger partial charge in [-0.1, -0.05) is 42.0 Å². The van der Waals surface area contributed by atoms with Crippen LogP contribution in [0.15, 0.2) is 65.5 Å². The van der Waals surface area contributed by atoms with Crippen LogP contribution in [0.2, 0.25) is 0 Å². The van der Waals surface area contributed by atoms with E-state index in [0.29, 0.717) is 17.2 Å². The minimum absolute atomic E-state index is 0.0500. The highest BCUT2D eigenvalue weighted by molar-refractivity contribution is 5.95. The van der Waals surface area contributed by atoms with Gasteiger partial charge in [-0.3, -0.25) is 9.59 Å². The van der Waals surface area contributed by atoms with Crippen LogP contribution in [0.5, 0.6) is 0 Å². The highest BCUT2D eigenvalue weighted by Crippen LogP contribution is 2.28. The van der Waals surface area contributed by atoms with Gasteiger partial charge in [0, 0.05) is 43.2 Å². The van der Waals surface area contributed by atoms with Crippen molar-refractivity contribution in [3.05, 3.63) is 87.7 Å². The number of aryl methyl sites for hydroxylation is 2. The van der Waals surface area contributed by atoms with E-state index in [0.717, 1.165) is 31.5 Å². The molecule has 0 N–H and O–H groups in total. The molecule has 1 aliphatic heterocycles. The second-order valence-corrected chi connectivity index (χ2v) is 7.77. The maximum Gasteiger partial charge on any atom is 0.266 e. The van der Waals surface area contributed by atoms with Crippen molar-refractivity contribution in [3.63, 3.8) is 0 Å². The van der Waals surface area contributed by atoms with Gasteiger partial charge in [0.05, 0.1) is 5.69 Å². The van der Waals surface area contributed by atoms with Crippen molar-refractivity contribution in [3.8, 4) is 11.3 Å². The number of benzene rings is 2. The van der Waals surface area contributed by atoms with Gasteiger partial charge in [-0.25, -0.2) is 4.68 Å². The van der Waals surface area contributed by atoms with E-state index >= 15 is 0 Å². The Labute approximate surface area is 170 Å². The molecule has 1 aliphatic rings. The molecule has 5 nitrogen and oxygen atoms in total. The summed E-state index contributed by atoms with van der Waals surface area (Å²) < 4.78 is 1.31. The van der Waals surface area contributed by atoms with Gasteiger partial charge in [0.1, 0.15) is 0 Å². The molecule has 0 aliphatic carbocycles. The summed E-state index contributed by atoms with van der Waals surface area (Å²) in [5.41, 5.74) is 4.57. The van der Waals surface area contributed by atoms with E-state index in [9.17, 15) is 9.59 Å². The molecule has 29 heavy (non-hydrogen) atoms. The fourth-order valence-corrected chi connectivity index (χ4v) is 4.01. The van der Waals surface area contributed by atoms with E-state index in [1.807, 2.05) is 29.2 Å². The van der Waals surface area contributed by atoms with Crippen LogP contribution >= 0.6 is 0 Å². The third-order valence-electron chi connectivity index (χ3n) is 5.59. The predicted octanol–water partition coefficient (Wildman–Crippen LogP) is 3.78. The number of amides is 1. The summed E-state index contributed by atoms with van der Waals surface area (Å²) in [7, 11) is 1.63. The number of likely N-dealkylation sites (tertiary alicyclic amines) is 1. The Bertz CT molecular complexity index is 1100. The quantitative estimate of drug-likeness (QED) is 0.687. The van der Waals surface area contributed by atoms with Crippen molar-refractivity contribution >= 4 is 5.91 Å². The van der Waals surface area contributed by atoms with Crippen LogP contribution in [0.25, 0.3) is 11.3 Å². The van der Waals surface area contributed by atoms with Crippen LogP contribution in [0, 0.1) is 6.92 Å². The fraction of sp³-hybridized carbons (Fsp3) is 0.292. The van der Waals surface area contributed by atoms with Crippen molar-refractivity contribution < 1.29 is 4.79 Å². The topological polar surface area (TPSA) is 55.2 Å². The first-order valence-electron chi connectivity index (χ1n) is 10.0. The highest BCUT2D eigenvalue weighted by Gasteiger charge is 2.25. The van der Waals surface area contributed by atoms with Crippen LogP contribution in [0.4, 0.5) is 0 Å². The van der Waals surface area contributed by atoms with Crippen LogP contribution in [0.3, 0.4) is 0 Å². The van der Waals surface area contributed by atoms with Crippen LogP contribution in [-0.4, -0.2) is 33.7 Å². The van der Waals surface area contributed by atoms with E-state index in [1.54, 1.807) is 13.1 Å². The summed E-state index contributed by atoms with van der Waals surface area (Å²) in [5.74, 6) is 0.426. The van der Waals surface area contributed by atoms with Gasteiger partial charge < -0.3 is 4.90 Å². The first kappa shape index (κ1) is 19.1. The van der Waals surface area contributed by atoms with Gasteiger partial charge in [0.15, 0.2) is 0 Å². The standard InChI is InChI=1S/C24H25N3O2/c1-17-6-3-7-18(14-17)21-10-5-13-27(16-21)24(29)20-9-4-8-19(15-20)22-11-12-23(28)26(2)25-22/h3-4,6-9,11-12,14-15,21H,5,10,13,16H2,1-2H3/t21-/m0/s1. The fourth-order valence-electron chi connectivity index (χ4n) is 4.01. The van der Waals surface area contributed by atoms with Crippen molar-refractivity contribution in [1.82, 2.24) is 14.7 Å². The predicted molar refractivity (Wildman–Crippen MR) is 114 cm³/mol. The smallest absolute Gasteiger partial charge is 0.266 e. The second kappa shape index (κ2) is 8.03. The first-order valence-corrected chi connectivity index (χ1v) is 10.0. The molecule has 3 aromatic rings. The lowest BCUT2D eigenvalue weighted by atomic mass is 9.89. The molecule has 2 heterocycles. The zero-order chi connectivity index (χ0) is 20.4. The molecule has 1 amide bonds. The monoisotopic (exact) mass is 387 g/mol. The van der Waals surface area contributed by atoms with E-state index in [1.165, 1.54) is 21.9 Å². The van der Waals surface area contributed by atoms with Crippen molar-refractivity contribution in [2.24, 2.45) is 7.05 Å². The van der Waals surface area contributed by atoms with E-state index < -0.39 is 0 Å². The first-order chi connectivity index (χ1) is 14.0. The Morgan fingerprint density at radius 1 is 1.07 bits per heavy atom. The minimum Gasteiger partial charge on any atom is -0.338 e. The van der Waals surface area contributed by atoms with Crippen molar-refractivity contribution in [2.45, 2.75) is 25.7 Å². The lowest BCUT2D eigenvalue weighted by Crippen LogP contribution is -2.39. The largest absolute Gasteiger partial charge is 0.338 e. The number of aromatic nitrogens is 2. The molecule has 1 saturated heterocycles. The number of hydrogen-bond donors (Lipinski definition) is 0. The van der Waals surface area contributed by atoms with Gasteiger partial charge in [0.2, 0.25) is 0 Å². The van der Waals surface area contributed by atoms with Crippen LogP contribution < -0.4 is 5.56 Å². The molecule has 1 atom stereocenters. The molecule has 5 heteroatoms. The molecule has 4 rings (SSSR count). The molecular weight excluding hydrogens is 362 g/mol. The average molecular weight is 387 g/mol. The maximum absolute atomic E-state index is 13.2. The van der Waals surface area contributed by atoms with Gasteiger partial charge in [0.25, 0.3) is 11.5 Å². The van der Waals surface area contributed by atoms with E-state index in [-0.39, 0.29) is 11.5 Å². The summed E-state index contributed by atoms with van der Waals surface area (Å²) in [6.45, 7) is 3.63. The number of carbonyl (C=O) groups excluding carboxylic acids is 1. The Hall–Kier alpha value is -3.21. The number of hydrogen-bond acceptors (Lipinski definition) is 3. The van der Waals surface area contributed by atoms with Crippen molar-refractivity contribution in [2.75, 3.05) is 13.1 Å². The van der Waals surface area contributed by atoms with Crippen molar-refractivity contribution in [1.29, 1.82) is 0 Å². The Morgan fingerprint density at radius 2 is 1.90 bits per heavy atom. The molecule has 1 aromatic heterocycles. The lowest BCUT2D eigenvalue weighted by Gasteiger charge is -2.33. The van der Waals surface area contributed by atoms with E-state index in [4.69, 9.17) is 0 Å². The molecule has 0 unspecified atom stereocenters. The maximum atomic E-state index is 13.2. The zero-order valence-electron chi connectivity index (χ0n) is 16.8. The van der Waals surface area contributed by atoms with Gasteiger partial charge in [-0.2, -0.15) is 5.10 Å². The minimum atomic E-state index is -0.156. The zero-order valence-corrected chi connectivity index (χ0v) is 16.8. The highest BCUT2D eigenvalue weighted by atomic mass is 16.2. The molecule has 148 valence electrons. The SMILES string of the molecule is Cc1cccc([C@H]2CCCN(C(=O)c3cccc(-c4ccc(=O)n(C)n4)c3)C2)c1. The average Bonchev–Trinajstić information content (AvgIpc) is 2.75. The lowest BCUT2D eigenvalue weighted by molar-refractivity contribution is 0.0707. The third kappa shape index (κ3) is 4.14. The summed E-state index contributed by atoms with van der Waals surface area (Å²) in [6, 6.07) is 19.3. The molecule has 0 radical (unpaired) electrons. The molecular formula is C24H25N3O2. The molecule has 1 fully saturated rings.